The number of carbonyl (C=O) groups is 1. The average molecular weight is 539 g/mol. The van der Waals surface area contributed by atoms with Crippen molar-refractivity contribution in [3.05, 3.63) is 66.2 Å². The largest absolute Gasteiger partial charge is 0.319 e. The van der Waals surface area contributed by atoms with Crippen molar-refractivity contribution in [2.45, 2.75) is 43.0 Å². The van der Waals surface area contributed by atoms with E-state index in [1.807, 2.05) is 38.1 Å². The Hall–Kier alpha value is -3.70. The number of likely N-dealkylation sites (tertiary alicyclic amines) is 1. The normalized spacial score (nSPS) is 17.1. The molecule has 5 rings (SSSR count). The van der Waals surface area contributed by atoms with Crippen LogP contribution >= 0.6 is 0 Å². The van der Waals surface area contributed by atoms with E-state index < -0.39 is 21.4 Å². The van der Waals surface area contributed by atoms with Crippen LogP contribution in [0.4, 0.5) is 14.5 Å². The van der Waals surface area contributed by atoms with E-state index in [-0.39, 0.29) is 23.9 Å². The van der Waals surface area contributed by atoms with Crippen molar-refractivity contribution in [1.29, 1.82) is 0 Å². The van der Waals surface area contributed by atoms with Crippen molar-refractivity contribution < 1.29 is 17.8 Å². The number of nitrogens with zero attached hydrogens (tertiary/aromatic N) is 4. The summed E-state index contributed by atoms with van der Waals surface area (Å²) in [6.07, 6.45) is 4.71. The fourth-order valence-electron chi connectivity index (χ4n) is 4.39. The predicted molar refractivity (Wildman–Crippen MR) is 145 cm³/mol. The second kappa shape index (κ2) is 9.88. The van der Waals surface area contributed by atoms with E-state index in [1.54, 1.807) is 29.4 Å². The lowest BCUT2D eigenvalue weighted by Crippen LogP contribution is -2.24. The van der Waals surface area contributed by atoms with Gasteiger partial charge in [0.05, 0.1) is 23.9 Å². The quantitative estimate of drug-likeness (QED) is 0.334. The highest BCUT2D eigenvalue weighted by Gasteiger charge is 2.37. The minimum Gasteiger partial charge on any atom is -0.319 e. The van der Waals surface area contributed by atoms with Crippen LogP contribution in [-0.2, 0) is 16.1 Å². The molecule has 0 bridgehead atoms. The minimum atomic E-state index is -2.64. The summed E-state index contributed by atoms with van der Waals surface area (Å²) >= 11 is 0. The predicted octanol–water partition coefficient (Wildman–Crippen LogP) is 4.60. The maximum Gasteiger partial charge on any atom is 0.276 e. The summed E-state index contributed by atoms with van der Waals surface area (Å²) < 4.78 is 39.9. The molecule has 2 N–H and O–H groups in total. The number of rotatable bonds is 7. The lowest BCUT2D eigenvalue weighted by Gasteiger charge is -2.15. The Kier molecular flexibility index (Phi) is 6.74. The van der Waals surface area contributed by atoms with Gasteiger partial charge in [0.25, 0.3) is 11.8 Å². The van der Waals surface area contributed by atoms with Gasteiger partial charge in [0.1, 0.15) is 5.03 Å². The molecule has 198 valence electrons. The van der Waals surface area contributed by atoms with Gasteiger partial charge in [0.15, 0.2) is 5.69 Å². The number of benzene rings is 1. The second-order valence-electron chi connectivity index (χ2n) is 9.85. The van der Waals surface area contributed by atoms with Gasteiger partial charge in [-0.3, -0.25) is 24.0 Å². The Balaban J connectivity index is 1.36. The van der Waals surface area contributed by atoms with Gasteiger partial charge in [0.2, 0.25) is 0 Å². The Labute approximate surface area is 219 Å². The molecular formula is C27H28F2N6O2S. The highest BCUT2D eigenvalue weighted by atomic mass is 32.2. The van der Waals surface area contributed by atoms with E-state index in [1.165, 1.54) is 6.20 Å². The molecule has 1 aliphatic heterocycles. The van der Waals surface area contributed by atoms with E-state index in [9.17, 15) is 17.8 Å². The molecule has 3 aromatic heterocycles. The number of aromatic nitrogens is 4. The van der Waals surface area contributed by atoms with E-state index in [0.717, 1.165) is 16.7 Å². The van der Waals surface area contributed by atoms with Crippen molar-refractivity contribution >= 4 is 37.9 Å². The zero-order valence-electron chi connectivity index (χ0n) is 21.1. The number of pyridine rings is 2. The summed E-state index contributed by atoms with van der Waals surface area (Å²) in [5.41, 5.74) is 3.80. The molecule has 0 radical (unpaired) electrons. The standard InChI is InChI=1S/C27H28F2N6O2S/c1-17(2)38(3,37)24-7-5-21(14-31-24)32-26(36)25-22-11-19(4-6-23(22)33-34-25)20-10-18(12-30-13-20)15-35-9-8-27(28,29)16-35/h4-7,10-14,17H,3,8-9,15-16H2,1-2H3,(H,32,36)(H,33,34). The van der Waals surface area contributed by atoms with E-state index in [2.05, 4.69) is 31.4 Å². The first-order valence-corrected chi connectivity index (χ1v) is 14.0. The topological polar surface area (TPSA) is 104 Å². The van der Waals surface area contributed by atoms with Gasteiger partial charge in [-0.2, -0.15) is 5.10 Å². The molecule has 0 aliphatic carbocycles. The fourth-order valence-corrected chi connectivity index (χ4v) is 5.40. The van der Waals surface area contributed by atoms with Gasteiger partial charge in [-0.15, -0.1) is 0 Å². The van der Waals surface area contributed by atoms with Crippen LogP contribution in [0.15, 0.2) is 60.0 Å². The number of carbonyl (C=O) groups excluding carboxylic acids is 1. The average Bonchev–Trinajstić information content (AvgIpc) is 3.46. The van der Waals surface area contributed by atoms with Crippen LogP contribution < -0.4 is 5.32 Å². The number of alkyl halides is 2. The number of anilines is 1. The molecule has 1 saturated heterocycles. The molecule has 11 heteroatoms. The number of amides is 1. The number of nitrogens with one attached hydrogen (secondary N) is 2. The third-order valence-corrected chi connectivity index (χ3v) is 9.14. The molecule has 1 unspecified atom stereocenters. The fraction of sp³-hybridized carbons (Fsp3) is 0.296. The molecule has 1 atom stereocenters. The first-order valence-electron chi connectivity index (χ1n) is 12.2. The molecule has 4 aromatic rings. The maximum atomic E-state index is 13.6. The highest BCUT2D eigenvalue weighted by Crippen LogP contribution is 2.29. The Morgan fingerprint density at radius 3 is 2.68 bits per heavy atom. The van der Waals surface area contributed by atoms with E-state index in [4.69, 9.17) is 0 Å². The highest BCUT2D eigenvalue weighted by molar-refractivity contribution is 8.00. The molecule has 1 fully saturated rings. The molecule has 1 amide bonds. The minimum absolute atomic E-state index is 0.128. The number of hydrogen-bond donors (Lipinski definition) is 2. The van der Waals surface area contributed by atoms with Crippen LogP contribution in [-0.4, -0.2) is 65.3 Å². The molecule has 1 aliphatic rings. The summed E-state index contributed by atoms with van der Waals surface area (Å²) in [4.78, 5) is 23.3. The lowest BCUT2D eigenvalue weighted by atomic mass is 10.0. The first kappa shape index (κ1) is 25.9. The van der Waals surface area contributed by atoms with Crippen molar-refractivity contribution in [2.24, 2.45) is 0 Å². The number of hydrogen-bond acceptors (Lipinski definition) is 6. The van der Waals surface area contributed by atoms with Crippen molar-refractivity contribution in [1.82, 2.24) is 25.1 Å². The summed E-state index contributed by atoms with van der Waals surface area (Å²) in [6, 6.07) is 10.7. The summed E-state index contributed by atoms with van der Waals surface area (Å²) in [7, 11) is -2.52. The summed E-state index contributed by atoms with van der Waals surface area (Å²) in [5.74, 6) is 0.731. The van der Waals surface area contributed by atoms with E-state index >= 15 is 0 Å². The molecule has 4 heterocycles. The molecule has 0 saturated carbocycles. The Morgan fingerprint density at radius 2 is 2.00 bits per heavy atom. The Bertz CT molecular complexity index is 1600. The van der Waals surface area contributed by atoms with Crippen LogP contribution in [0, 0.1) is 0 Å². The zero-order valence-corrected chi connectivity index (χ0v) is 21.9. The van der Waals surface area contributed by atoms with Gasteiger partial charge < -0.3 is 5.32 Å². The second-order valence-corrected chi connectivity index (χ2v) is 12.7. The van der Waals surface area contributed by atoms with Crippen molar-refractivity contribution in [3.8, 4) is 11.1 Å². The van der Waals surface area contributed by atoms with Gasteiger partial charge in [-0.25, -0.2) is 13.8 Å². The molecule has 1 aromatic carbocycles. The van der Waals surface area contributed by atoms with E-state index in [0.29, 0.717) is 34.7 Å². The molecular weight excluding hydrogens is 510 g/mol. The van der Waals surface area contributed by atoms with Gasteiger partial charge in [-0.1, -0.05) is 19.9 Å². The van der Waals surface area contributed by atoms with Crippen LogP contribution in [0.3, 0.4) is 0 Å². The third-order valence-electron chi connectivity index (χ3n) is 6.67. The molecule has 0 spiro atoms. The van der Waals surface area contributed by atoms with Gasteiger partial charge in [0, 0.05) is 57.6 Å². The molecule has 8 nitrogen and oxygen atoms in total. The van der Waals surface area contributed by atoms with Crippen LogP contribution in [0.5, 0.6) is 0 Å². The van der Waals surface area contributed by atoms with Gasteiger partial charge >= 0.3 is 0 Å². The SMILES string of the molecule is C=S(=O)(c1ccc(NC(=O)c2n[nH]c3ccc(-c4cncc(CN5CCC(F)(F)C5)c4)cc23)cn1)C(C)C. The molecule has 38 heavy (non-hydrogen) atoms. The zero-order chi connectivity index (χ0) is 27.1. The summed E-state index contributed by atoms with van der Waals surface area (Å²) in [5, 5.41) is 10.7. The Morgan fingerprint density at radius 1 is 1.18 bits per heavy atom. The monoisotopic (exact) mass is 538 g/mol. The first-order chi connectivity index (χ1) is 18.0. The van der Waals surface area contributed by atoms with Crippen molar-refractivity contribution in [3.63, 3.8) is 0 Å². The van der Waals surface area contributed by atoms with Crippen LogP contribution in [0.2, 0.25) is 0 Å². The summed E-state index contributed by atoms with van der Waals surface area (Å²) in [6.45, 7) is 4.14. The number of halogens is 2. The van der Waals surface area contributed by atoms with Crippen LogP contribution in [0.25, 0.3) is 22.0 Å². The lowest BCUT2D eigenvalue weighted by molar-refractivity contribution is 0.0115. The van der Waals surface area contributed by atoms with Crippen molar-refractivity contribution in [2.75, 3.05) is 18.4 Å². The number of aromatic amines is 1. The number of fused-ring (bicyclic) bond motifs is 1. The smallest absolute Gasteiger partial charge is 0.276 e. The third kappa shape index (κ3) is 5.30. The maximum absolute atomic E-state index is 13.6. The van der Waals surface area contributed by atoms with Gasteiger partial charge in [-0.05, 0) is 47.3 Å². The van der Waals surface area contributed by atoms with Crippen LogP contribution in [0.1, 0.15) is 36.3 Å². The number of H-pyrrole nitrogens is 1.